The molecular weight excluding hydrogens is 556 g/mol. The van der Waals surface area contributed by atoms with Crippen molar-refractivity contribution in [3.05, 3.63) is 63.1 Å². The molecular formula is C26H20Cl2FN3O5S. The Kier molecular flexibility index (Phi) is 6.28. The number of piperidine rings is 1. The Morgan fingerprint density at radius 3 is 2.53 bits per heavy atom. The molecule has 2 fully saturated rings. The number of rotatable bonds is 5. The van der Waals surface area contributed by atoms with Crippen molar-refractivity contribution in [1.29, 1.82) is 0 Å². The van der Waals surface area contributed by atoms with Crippen molar-refractivity contribution in [1.82, 2.24) is 10.1 Å². The predicted octanol–water partition coefficient (Wildman–Crippen LogP) is 6.76. The number of aromatic carboxylic acids is 1. The number of hydrogen-bond donors (Lipinski definition) is 1. The van der Waals surface area contributed by atoms with Crippen LogP contribution in [0.25, 0.3) is 21.5 Å². The molecule has 0 amide bonds. The summed E-state index contributed by atoms with van der Waals surface area (Å²) in [5.41, 5.74) is 0.881. The maximum absolute atomic E-state index is 14.6. The summed E-state index contributed by atoms with van der Waals surface area (Å²) in [6, 6.07) is 7.56. The van der Waals surface area contributed by atoms with Crippen molar-refractivity contribution in [2.24, 2.45) is 0 Å². The molecule has 1 unspecified atom stereocenters. The van der Waals surface area contributed by atoms with Gasteiger partial charge >= 0.3 is 11.9 Å². The summed E-state index contributed by atoms with van der Waals surface area (Å²) in [6.45, 7) is 1.63. The number of esters is 1. The second kappa shape index (κ2) is 9.52. The minimum Gasteiger partial charge on any atom is -0.478 e. The van der Waals surface area contributed by atoms with Gasteiger partial charge in [-0.2, -0.15) is 0 Å². The van der Waals surface area contributed by atoms with Gasteiger partial charge in [0.15, 0.2) is 10.9 Å². The van der Waals surface area contributed by atoms with E-state index in [9.17, 15) is 19.1 Å². The van der Waals surface area contributed by atoms with Gasteiger partial charge < -0.3 is 19.3 Å². The number of halogens is 3. The van der Waals surface area contributed by atoms with E-state index >= 15 is 0 Å². The Balaban J connectivity index is 1.23. The number of aromatic nitrogens is 2. The van der Waals surface area contributed by atoms with Gasteiger partial charge in [0.1, 0.15) is 28.6 Å². The van der Waals surface area contributed by atoms with Crippen LogP contribution < -0.4 is 4.90 Å². The fourth-order valence-electron chi connectivity index (χ4n) is 5.46. The monoisotopic (exact) mass is 575 g/mol. The van der Waals surface area contributed by atoms with Gasteiger partial charge in [-0.3, -0.25) is 0 Å². The zero-order valence-electron chi connectivity index (χ0n) is 19.9. The highest BCUT2D eigenvalue weighted by molar-refractivity contribution is 7.22. The molecule has 0 aliphatic carbocycles. The molecule has 2 aliphatic rings. The van der Waals surface area contributed by atoms with Crippen molar-refractivity contribution in [2.45, 2.75) is 50.8 Å². The number of aryl methyl sites for hydroxylation is 1. The molecule has 2 bridgehead atoms. The van der Waals surface area contributed by atoms with E-state index < -0.39 is 17.8 Å². The van der Waals surface area contributed by atoms with E-state index in [1.165, 1.54) is 17.4 Å². The first kappa shape index (κ1) is 25.1. The Bertz CT molecular complexity index is 1570. The standard InChI is InChI=1S/C26H20Cl2FN3O5S/c1-11-20(23(31-37-11)21-16(27)3-2-4-17(21)28)25(35)36-15-9-13-5-6-14(10-15)32(13)26-30-22-18(29)7-12(24(33)34)8-19(22)38-26/h2-4,7-8,13-15H,5-6,9-10H2,1H3,(H,33,34)/t13-,14+,15?. The smallest absolute Gasteiger partial charge is 0.344 e. The lowest BCUT2D eigenvalue weighted by Gasteiger charge is -2.38. The molecule has 2 aliphatic heterocycles. The Labute approximate surface area is 229 Å². The van der Waals surface area contributed by atoms with Crippen LogP contribution in [0.3, 0.4) is 0 Å². The van der Waals surface area contributed by atoms with Crippen molar-refractivity contribution in [2.75, 3.05) is 4.90 Å². The van der Waals surface area contributed by atoms with Crippen LogP contribution in [0.2, 0.25) is 10.0 Å². The molecule has 8 nitrogen and oxygen atoms in total. The van der Waals surface area contributed by atoms with Gasteiger partial charge in [0.05, 0.1) is 20.3 Å². The minimum absolute atomic E-state index is 0.0511. The summed E-state index contributed by atoms with van der Waals surface area (Å²) >= 11 is 14.0. The number of ether oxygens (including phenoxy) is 1. The van der Waals surface area contributed by atoms with E-state index in [-0.39, 0.29) is 40.5 Å². The Morgan fingerprint density at radius 2 is 1.87 bits per heavy atom. The van der Waals surface area contributed by atoms with Crippen molar-refractivity contribution >= 4 is 61.8 Å². The van der Waals surface area contributed by atoms with Gasteiger partial charge in [0.2, 0.25) is 0 Å². The van der Waals surface area contributed by atoms with Crippen LogP contribution in [0.1, 0.15) is 52.2 Å². The Morgan fingerprint density at radius 1 is 1.18 bits per heavy atom. The van der Waals surface area contributed by atoms with Crippen molar-refractivity contribution in [3.8, 4) is 11.3 Å². The third kappa shape index (κ3) is 4.20. The summed E-state index contributed by atoms with van der Waals surface area (Å²) in [5, 5.41) is 14.6. The number of carbonyl (C=O) groups excluding carboxylic acids is 1. The average Bonchev–Trinajstić information content (AvgIpc) is 3.52. The normalized spacial score (nSPS) is 20.7. The van der Waals surface area contributed by atoms with Gasteiger partial charge in [-0.05, 0) is 44.0 Å². The number of fused-ring (bicyclic) bond motifs is 3. The summed E-state index contributed by atoms with van der Waals surface area (Å²) in [7, 11) is 0. The fourth-order valence-corrected chi connectivity index (χ4v) is 7.20. The third-order valence-electron chi connectivity index (χ3n) is 7.13. The number of carboxylic acids is 1. The highest BCUT2D eigenvalue weighted by Crippen LogP contribution is 2.44. The molecule has 0 radical (unpaired) electrons. The predicted molar refractivity (Wildman–Crippen MR) is 141 cm³/mol. The molecule has 2 saturated heterocycles. The van der Waals surface area contributed by atoms with Crippen LogP contribution in [0.15, 0.2) is 34.9 Å². The van der Waals surface area contributed by atoms with Crippen LogP contribution in [-0.2, 0) is 4.74 Å². The zero-order valence-corrected chi connectivity index (χ0v) is 22.2. The number of anilines is 1. The first-order valence-corrected chi connectivity index (χ1v) is 13.5. The van der Waals surface area contributed by atoms with Gasteiger partial charge in [-0.15, -0.1) is 0 Å². The molecule has 2 aromatic carbocycles. The quantitative estimate of drug-likeness (QED) is 0.260. The van der Waals surface area contributed by atoms with E-state index in [0.29, 0.717) is 44.0 Å². The summed E-state index contributed by atoms with van der Waals surface area (Å²) in [4.78, 5) is 31.3. The fraction of sp³-hybridized carbons (Fsp3) is 0.308. The van der Waals surface area contributed by atoms with Gasteiger partial charge in [0, 0.05) is 30.5 Å². The first-order chi connectivity index (χ1) is 18.2. The van der Waals surface area contributed by atoms with Crippen molar-refractivity contribution in [3.63, 3.8) is 0 Å². The third-order valence-corrected chi connectivity index (χ3v) is 8.78. The topological polar surface area (TPSA) is 106 Å². The summed E-state index contributed by atoms with van der Waals surface area (Å²) < 4.78 is 26.3. The maximum Gasteiger partial charge on any atom is 0.344 e. The molecule has 4 aromatic rings. The molecule has 12 heteroatoms. The van der Waals surface area contributed by atoms with E-state index in [1.54, 1.807) is 25.1 Å². The second-order valence-electron chi connectivity index (χ2n) is 9.46. The molecule has 3 atom stereocenters. The van der Waals surface area contributed by atoms with Crippen LogP contribution in [-0.4, -0.2) is 45.4 Å². The number of thiazole rings is 1. The number of benzene rings is 2. The highest BCUT2D eigenvalue weighted by Gasteiger charge is 2.44. The van der Waals surface area contributed by atoms with Crippen LogP contribution in [0, 0.1) is 12.7 Å². The van der Waals surface area contributed by atoms with Crippen molar-refractivity contribution < 1.29 is 28.3 Å². The van der Waals surface area contributed by atoms with E-state index in [2.05, 4.69) is 15.0 Å². The van der Waals surface area contributed by atoms with Gasteiger partial charge in [-0.1, -0.05) is 45.8 Å². The molecule has 6 rings (SSSR count). The van der Waals surface area contributed by atoms with Crippen LogP contribution >= 0.6 is 34.5 Å². The number of hydrogen-bond acceptors (Lipinski definition) is 8. The molecule has 0 spiro atoms. The van der Waals surface area contributed by atoms with Crippen LogP contribution in [0.5, 0.6) is 0 Å². The number of carboxylic acid groups (broad SMARTS) is 1. The highest BCUT2D eigenvalue weighted by atomic mass is 35.5. The summed E-state index contributed by atoms with van der Waals surface area (Å²) in [6.07, 6.45) is 2.57. The Hall–Kier alpha value is -3.21. The molecule has 38 heavy (non-hydrogen) atoms. The lowest BCUT2D eigenvalue weighted by atomic mass is 10.00. The molecule has 196 valence electrons. The zero-order chi connectivity index (χ0) is 26.7. The maximum atomic E-state index is 14.6. The van der Waals surface area contributed by atoms with Crippen LogP contribution in [0.4, 0.5) is 9.52 Å². The first-order valence-electron chi connectivity index (χ1n) is 11.9. The lowest BCUT2D eigenvalue weighted by Crippen LogP contribution is -2.46. The second-order valence-corrected chi connectivity index (χ2v) is 11.3. The largest absolute Gasteiger partial charge is 0.478 e. The summed E-state index contributed by atoms with van der Waals surface area (Å²) in [5.74, 6) is -2.10. The molecule has 1 N–H and O–H groups in total. The van der Waals surface area contributed by atoms with E-state index in [4.69, 9.17) is 32.5 Å². The van der Waals surface area contributed by atoms with E-state index in [1.807, 2.05) is 0 Å². The number of carbonyl (C=O) groups is 2. The lowest BCUT2D eigenvalue weighted by molar-refractivity contribution is 0.0203. The molecule has 0 saturated carbocycles. The molecule has 2 aromatic heterocycles. The van der Waals surface area contributed by atoms with E-state index in [0.717, 1.165) is 18.9 Å². The SMILES string of the molecule is Cc1onc(-c2c(Cl)cccc2Cl)c1C(=O)OC1C[C@H]2CC[C@@H](C1)N2c1nc2c(F)cc(C(=O)O)cc2s1. The van der Waals surface area contributed by atoms with Gasteiger partial charge in [0.25, 0.3) is 0 Å². The van der Waals surface area contributed by atoms with Gasteiger partial charge in [-0.25, -0.2) is 19.0 Å². The minimum atomic E-state index is -1.19. The average molecular weight is 576 g/mol. The molecule has 4 heterocycles. The number of nitrogens with zero attached hydrogens (tertiary/aromatic N) is 3.